The third-order valence-electron chi connectivity index (χ3n) is 3.80. The molecule has 2 aromatic rings. The summed E-state index contributed by atoms with van der Waals surface area (Å²) in [5.41, 5.74) is 0.450. The number of aromatic nitrogens is 2. The molecule has 8 nitrogen and oxygen atoms in total. The van der Waals surface area contributed by atoms with Crippen molar-refractivity contribution in [1.82, 2.24) is 9.78 Å². The number of hydrogen-bond acceptors (Lipinski definition) is 6. The number of Topliss-reactive ketones (excluding diaryl/α,β-unsaturated/α-hetero) is 2. The number of ketones is 2. The number of carbonyl (C=O) groups is 2. The van der Waals surface area contributed by atoms with Crippen LogP contribution in [0.3, 0.4) is 0 Å². The molecule has 1 aromatic carbocycles. The summed E-state index contributed by atoms with van der Waals surface area (Å²) >= 11 is 0. The summed E-state index contributed by atoms with van der Waals surface area (Å²) in [6, 6.07) is 4.49. The van der Waals surface area contributed by atoms with Gasteiger partial charge in [-0.1, -0.05) is 25.0 Å². The Kier molecular flexibility index (Phi) is 5.31. The van der Waals surface area contributed by atoms with Crippen LogP contribution in [0.2, 0.25) is 0 Å². The van der Waals surface area contributed by atoms with Gasteiger partial charge >= 0.3 is 5.69 Å². The van der Waals surface area contributed by atoms with E-state index in [-0.39, 0.29) is 28.4 Å². The smallest absolute Gasteiger partial charge is 0.321 e. The summed E-state index contributed by atoms with van der Waals surface area (Å²) in [6.45, 7) is 3.60. The molecule has 25 heavy (non-hydrogen) atoms. The van der Waals surface area contributed by atoms with Crippen molar-refractivity contribution in [3.05, 3.63) is 50.8 Å². The van der Waals surface area contributed by atoms with Crippen LogP contribution in [0.1, 0.15) is 51.9 Å². The second-order valence-electron chi connectivity index (χ2n) is 5.82. The fourth-order valence-corrected chi connectivity index (χ4v) is 2.68. The minimum atomic E-state index is -0.699. The van der Waals surface area contributed by atoms with Gasteiger partial charge in [0.25, 0.3) is 0 Å². The standard InChI is InChI=1S/C17H19N3O5/c1-4-5-12-16(20(24)25)17(19(3)18-12)15(23)9-14(22)11-8-10(2)6-7-13(11)21/h6-8,21H,4-5,9H2,1-3H3. The molecule has 1 heterocycles. The Bertz CT molecular complexity index is 854. The van der Waals surface area contributed by atoms with Crippen molar-refractivity contribution in [2.45, 2.75) is 33.1 Å². The molecule has 0 atom stereocenters. The van der Waals surface area contributed by atoms with Gasteiger partial charge in [-0.2, -0.15) is 5.10 Å². The van der Waals surface area contributed by atoms with Crippen LogP contribution >= 0.6 is 0 Å². The van der Waals surface area contributed by atoms with E-state index >= 15 is 0 Å². The molecule has 2 rings (SSSR count). The van der Waals surface area contributed by atoms with E-state index in [0.29, 0.717) is 12.8 Å². The summed E-state index contributed by atoms with van der Waals surface area (Å²) in [5.74, 6) is -1.52. The number of benzene rings is 1. The van der Waals surface area contributed by atoms with Crippen molar-refractivity contribution in [3.63, 3.8) is 0 Å². The number of carbonyl (C=O) groups excluding carboxylic acids is 2. The predicted molar refractivity (Wildman–Crippen MR) is 90.0 cm³/mol. The number of aryl methyl sites for hydroxylation is 3. The molecule has 0 radical (unpaired) electrons. The summed E-state index contributed by atoms with van der Waals surface area (Å²) in [5, 5.41) is 25.2. The monoisotopic (exact) mass is 345 g/mol. The van der Waals surface area contributed by atoms with Crippen molar-refractivity contribution in [3.8, 4) is 5.75 Å². The highest BCUT2D eigenvalue weighted by Crippen LogP contribution is 2.27. The molecule has 0 fully saturated rings. The second kappa shape index (κ2) is 7.25. The third kappa shape index (κ3) is 3.73. The van der Waals surface area contributed by atoms with Crippen LogP contribution in [0, 0.1) is 17.0 Å². The third-order valence-corrected chi connectivity index (χ3v) is 3.80. The van der Waals surface area contributed by atoms with Gasteiger partial charge in [-0.25, -0.2) is 0 Å². The van der Waals surface area contributed by atoms with E-state index < -0.39 is 22.9 Å². The Hall–Kier alpha value is -3.03. The summed E-state index contributed by atoms with van der Waals surface area (Å²) in [6.07, 6.45) is 0.425. The highest BCUT2D eigenvalue weighted by Gasteiger charge is 2.32. The normalized spacial score (nSPS) is 10.7. The lowest BCUT2D eigenvalue weighted by Gasteiger charge is -2.05. The number of nitro groups is 1. The Balaban J connectivity index is 2.36. The van der Waals surface area contributed by atoms with Crippen LogP contribution in [0.4, 0.5) is 5.69 Å². The van der Waals surface area contributed by atoms with Gasteiger partial charge in [-0.05, 0) is 25.5 Å². The molecular weight excluding hydrogens is 326 g/mol. The summed E-state index contributed by atoms with van der Waals surface area (Å²) < 4.78 is 1.15. The SMILES string of the molecule is CCCc1nn(C)c(C(=O)CC(=O)c2cc(C)ccc2O)c1[N+](=O)[O-]. The van der Waals surface area contributed by atoms with E-state index in [4.69, 9.17) is 0 Å². The van der Waals surface area contributed by atoms with Gasteiger partial charge in [0.1, 0.15) is 11.4 Å². The van der Waals surface area contributed by atoms with E-state index in [1.807, 2.05) is 6.92 Å². The van der Waals surface area contributed by atoms with Gasteiger partial charge in [0.05, 0.1) is 16.9 Å². The second-order valence-corrected chi connectivity index (χ2v) is 5.82. The van der Waals surface area contributed by atoms with Gasteiger partial charge < -0.3 is 5.11 Å². The maximum atomic E-state index is 12.5. The first kappa shape index (κ1) is 18.3. The molecule has 0 saturated carbocycles. The molecule has 0 amide bonds. The number of phenols is 1. The largest absolute Gasteiger partial charge is 0.507 e. The fraction of sp³-hybridized carbons (Fsp3) is 0.353. The lowest BCUT2D eigenvalue weighted by atomic mass is 10.0. The average molecular weight is 345 g/mol. The van der Waals surface area contributed by atoms with E-state index in [1.54, 1.807) is 13.0 Å². The van der Waals surface area contributed by atoms with Crippen molar-refractivity contribution >= 4 is 17.3 Å². The maximum Gasteiger partial charge on any atom is 0.321 e. The molecular formula is C17H19N3O5. The topological polar surface area (TPSA) is 115 Å². The highest BCUT2D eigenvalue weighted by molar-refractivity contribution is 6.15. The zero-order chi connectivity index (χ0) is 18.7. The lowest BCUT2D eigenvalue weighted by molar-refractivity contribution is -0.385. The molecule has 0 aliphatic heterocycles. The van der Waals surface area contributed by atoms with Crippen molar-refractivity contribution in [1.29, 1.82) is 0 Å². The Morgan fingerprint density at radius 3 is 2.60 bits per heavy atom. The van der Waals surface area contributed by atoms with Crippen molar-refractivity contribution in [2.75, 3.05) is 0 Å². The Morgan fingerprint density at radius 1 is 1.32 bits per heavy atom. The van der Waals surface area contributed by atoms with E-state index in [0.717, 1.165) is 10.2 Å². The first-order chi connectivity index (χ1) is 11.8. The van der Waals surface area contributed by atoms with Gasteiger partial charge in [0.15, 0.2) is 17.3 Å². The van der Waals surface area contributed by atoms with Crippen molar-refractivity contribution < 1.29 is 19.6 Å². The predicted octanol–water partition coefficient (Wildman–Crippen LogP) is 2.75. The van der Waals surface area contributed by atoms with Crippen LogP contribution in [-0.4, -0.2) is 31.4 Å². The number of phenolic OH excluding ortho intramolecular Hbond substituents is 1. The Morgan fingerprint density at radius 2 is 2.00 bits per heavy atom. The molecule has 0 aliphatic rings. The van der Waals surface area contributed by atoms with Gasteiger partial charge in [-0.15, -0.1) is 0 Å². The minimum absolute atomic E-state index is 0.0203. The van der Waals surface area contributed by atoms with Crippen LogP contribution in [0.25, 0.3) is 0 Å². The lowest BCUT2D eigenvalue weighted by Crippen LogP contribution is -2.14. The molecule has 8 heteroatoms. The van der Waals surface area contributed by atoms with Gasteiger partial charge in [-0.3, -0.25) is 24.4 Å². The highest BCUT2D eigenvalue weighted by atomic mass is 16.6. The molecule has 0 unspecified atom stereocenters. The number of nitrogens with zero attached hydrogens (tertiary/aromatic N) is 3. The molecule has 0 bridgehead atoms. The van der Waals surface area contributed by atoms with E-state index in [1.165, 1.54) is 19.2 Å². The molecule has 1 N–H and O–H groups in total. The first-order valence-corrected chi connectivity index (χ1v) is 7.82. The zero-order valence-electron chi connectivity index (χ0n) is 14.3. The number of rotatable bonds is 7. The Labute approximate surface area is 144 Å². The average Bonchev–Trinajstić information content (AvgIpc) is 2.86. The zero-order valence-corrected chi connectivity index (χ0v) is 14.3. The van der Waals surface area contributed by atoms with Gasteiger partial charge in [0, 0.05) is 7.05 Å². The number of hydrogen-bond donors (Lipinski definition) is 1. The number of aromatic hydroxyl groups is 1. The van der Waals surface area contributed by atoms with Gasteiger partial charge in [0.2, 0.25) is 0 Å². The van der Waals surface area contributed by atoms with Crippen molar-refractivity contribution in [2.24, 2.45) is 7.05 Å². The summed E-state index contributed by atoms with van der Waals surface area (Å²) in [4.78, 5) is 35.6. The molecule has 132 valence electrons. The minimum Gasteiger partial charge on any atom is -0.507 e. The van der Waals surface area contributed by atoms with Crippen LogP contribution < -0.4 is 0 Å². The van der Waals surface area contributed by atoms with Crippen LogP contribution in [0.5, 0.6) is 5.75 Å². The summed E-state index contributed by atoms with van der Waals surface area (Å²) in [7, 11) is 1.44. The van der Waals surface area contributed by atoms with E-state index in [9.17, 15) is 24.8 Å². The molecule has 0 aliphatic carbocycles. The first-order valence-electron chi connectivity index (χ1n) is 7.82. The molecule has 1 aromatic heterocycles. The van der Waals surface area contributed by atoms with Crippen LogP contribution in [0.15, 0.2) is 18.2 Å². The molecule has 0 saturated heterocycles. The fourth-order valence-electron chi connectivity index (χ4n) is 2.68. The van der Waals surface area contributed by atoms with E-state index in [2.05, 4.69) is 5.10 Å². The van der Waals surface area contributed by atoms with Crippen LogP contribution in [-0.2, 0) is 13.5 Å². The molecule has 0 spiro atoms. The maximum absolute atomic E-state index is 12.5. The quantitative estimate of drug-likeness (QED) is 0.357.